The molecule has 4 rings (SSSR count). The van der Waals surface area contributed by atoms with E-state index in [-0.39, 0.29) is 11.8 Å². The van der Waals surface area contributed by atoms with E-state index in [4.69, 9.17) is 5.73 Å². The molecule has 0 spiro atoms. The number of nitrogens with zero attached hydrogens (tertiary/aromatic N) is 2. The van der Waals surface area contributed by atoms with E-state index < -0.39 is 5.91 Å². The Morgan fingerprint density at radius 1 is 1.00 bits per heavy atom. The number of primary amides is 1. The molecule has 43 heavy (non-hydrogen) atoms. The Bertz CT molecular complexity index is 1730. The molecular weight excluding hydrogens is 540 g/mol. The van der Waals surface area contributed by atoms with Crippen LogP contribution in [-0.2, 0) is 16.1 Å². The lowest BCUT2D eigenvalue weighted by Crippen LogP contribution is -2.27. The van der Waals surface area contributed by atoms with Crippen molar-refractivity contribution < 1.29 is 14.4 Å². The Morgan fingerprint density at radius 2 is 1.74 bits per heavy atom. The van der Waals surface area contributed by atoms with E-state index >= 15 is 0 Å². The number of fused-ring (bicyclic) bond motifs is 1. The van der Waals surface area contributed by atoms with Gasteiger partial charge in [-0.2, -0.15) is 0 Å². The number of aliphatic imine (C=N–C) groups is 1. The monoisotopic (exact) mass is 578 g/mol. The lowest BCUT2D eigenvalue weighted by molar-refractivity contribution is -0.121. The van der Waals surface area contributed by atoms with E-state index in [9.17, 15) is 14.4 Å². The van der Waals surface area contributed by atoms with Gasteiger partial charge < -0.3 is 26.3 Å². The normalized spacial score (nSPS) is 11.8. The second kappa shape index (κ2) is 13.8. The molecule has 1 aromatic heterocycles. The van der Waals surface area contributed by atoms with Crippen molar-refractivity contribution in [2.75, 3.05) is 26.0 Å². The van der Waals surface area contributed by atoms with Gasteiger partial charge in [-0.05, 0) is 75.3 Å². The largest absolute Gasteiger partial charge is 0.366 e. The second-order valence-electron chi connectivity index (χ2n) is 10.6. The number of aromatic nitrogens is 1. The number of hydrogen-bond donors (Lipinski definition) is 4. The zero-order chi connectivity index (χ0) is 31.1. The number of nitrogens with one attached hydrogen (secondary N) is 3. The quantitative estimate of drug-likeness (QED) is 0.177. The van der Waals surface area contributed by atoms with Crippen LogP contribution in [0.1, 0.15) is 41.8 Å². The molecule has 0 unspecified atom stereocenters. The predicted octanol–water partition coefficient (Wildman–Crippen LogP) is 5.41. The van der Waals surface area contributed by atoms with E-state index in [1.165, 1.54) is 0 Å². The van der Waals surface area contributed by atoms with Crippen molar-refractivity contribution in [3.05, 3.63) is 89.6 Å². The Balaban J connectivity index is 1.75. The molecule has 9 nitrogen and oxygen atoms in total. The maximum Gasteiger partial charge on any atom is 0.269 e. The number of amides is 3. The van der Waals surface area contributed by atoms with Gasteiger partial charge in [0.05, 0.1) is 11.1 Å². The molecule has 0 aliphatic heterocycles. The number of benzene rings is 3. The molecule has 3 amide bonds. The highest BCUT2D eigenvalue weighted by Gasteiger charge is 2.19. The smallest absolute Gasteiger partial charge is 0.269 e. The standard InChI is InChI=1S/C34H38N6O3/c1-6-17-36-22(3)34(43)39-29-13-9-12-24(21(29)2)26-14-15-27(33(35)42)32-28(26)19-30(38-32)25-11-8-7-10-23(25)20-37-31(41)16-18-40(4)5/h6-15,17,19,38H,16,18,20H2,1-5H3,(H2,35,42)(H,37,41)(H,39,43)/b17-6-,36-22+. The van der Waals surface area contributed by atoms with Crippen LogP contribution >= 0.6 is 0 Å². The third-order valence-corrected chi connectivity index (χ3v) is 7.25. The van der Waals surface area contributed by atoms with Crippen molar-refractivity contribution in [3.8, 4) is 22.4 Å². The zero-order valence-corrected chi connectivity index (χ0v) is 25.2. The first kappa shape index (κ1) is 30.9. The van der Waals surface area contributed by atoms with Crippen molar-refractivity contribution in [2.45, 2.75) is 33.7 Å². The minimum atomic E-state index is -0.542. The van der Waals surface area contributed by atoms with Gasteiger partial charge in [-0.3, -0.25) is 19.4 Å². The van der Waals surface area contributed by atoms with Crippen LogP contribution in [0.3, 0.4) is 0 Å². The third-order valence-electron chi connectivity index (χ3n) is 7.25. The maximum absolute atomic E-state index is 12.7. The Morgan fingerprint density at radius 3 is 2.47 bits per heavy atom. The SMILES string of the molecule is C/C=C\N=C(/C)C(=O)Nc1cccc(-c2ccc(C(N)=O)c3[nH]c(-c4ccccc4CNC(=O)CCN(C)C)cc23)c1C. The van der Waals surface area contributed by atoms with Crippen LogP contribution in [0.25, 0.3) is 33.3 Å². The van der Waals surface area contributed by atoms with Gasteiger partial charge in [0.25, 0.3) is 11.8 Å². The van der Waals surface area contributed by atoms with Gasteiger partial charge in [-0.1, -0.05) is 48.5 Å². The van der Waals surface area contributed by atoms with Gasteiger partial charge in [0, 0.05) is 48.0 Å². The predicted molar refractivity (Wildman–Crippen MR) is 174 cm³/mol. The van der Waals surface area contributed by atoms with Crippen LogP contribution in [-0.4, -0.2) is 54.0 Å². The van der Waals surface area contributed by atoms with Crippen molar-refractivity contribution >= 4 is 40.0 Å². The topological polar surface area (TPSA) is 133 Å². The number of hydrogen-bond acceptors (Lipinski definition) is 5. The van der Waals surface area contributed by atoms with Crippen molar-refractivity contribution in [1.82, 2.24) is 15.2 Å². The number of nitrogens with two attached hydrogens (primary N) is 1. The average molecular weight is 579 g/mol. The molecule has 0 fully saturated rings. The van der Waals surface area contributed by atoms with E-state index in [0.29, 0.717) is 42.0 Å². The number of carbonyl (C=O) groups is 3. The van der Waals surface area contributed by atoms with E-state index in [0.717, 1.165) is 38.9 Å². The lowest BCUT2D eigenvalue weighted by atomic mass is 9.94. The van der Waals surface area contributed by atoms with Gasteiger partial charge in [0.15, 0.2) is 0 Å². The average Bonchev–Trinajstić information content (AvgIpc) is 3.43. The van der Waals surface area contributed by atoms with Gasteiger partial charge in [-0.15, -0.1) is 0 Å². The van der Waals surface area contributed by atoms with Crippen LogP contribution < -0.4 is 16.4 Å². The number of rotatable bonds is 11. The maximum atomic E-state index is 12.7. The highest BCUT2D eigenvalue weighted by Crippen LogP contribution is 2.38. The van der Waals surface area contributed by atoms with Gasteiger partial charge in [-0.25, -0.2) is 0 Å². The summed E-state index contributed by atoms with van der Waals surface area (Å²) < 4.78 is 0. The van der Waals surface area contributed by atoms with Gasteiger partial charge >= 0.3 is 0 Å². The molecule has 0 aliphatic carbocycles. The van der Waals surface area contributed by atoms with Crippen LogP contribution in [0.2, 0.25) is 0 Å². The Labute approximate surface area is 251 Å². The third kappa shape index (κ3) is 7.25. The summed E-state index contributed by atoms with van der Waals surface area (Å²) in [4.78, 5) is 47.1. The Kier molecular flexibility index (Phi) is 9.90. The first-order valence-electron chi connectivity index (χ1n) is 14.1. The summed E-state index contributed by atoms with van der Waals surface area (Å²) in [5.74, 6) is -0.855. The zero-order valence-electron chi connectivity index (χ0n) is 25.2. The summed E-state index contributed by atoms with van der Waals surface area (Å²) in [5.41, 5.74) is 13.1. The van der Waals surface area contributed by atoms with Crippen LogP contribution in [0, 0.1) is 6.92 Å². The Hall–Kier alpha value is -5.02. The summed E-state index contributed by atoms with van der Waals surface area (Å²) in [6.07, 6.45) is 3.75. The van der Waals surface area contributed by atoms with E-state index in [2.05, 4.69) is 20.6 Å². The van der Waals surface area contributed by atoms with Crippen molar-refractivity contribution in [2.24, 2.45) is 10.7 Å². The molecule has 222 valence electrons. The molecule has 1 heterocycles. The van der Waals surface area contributed by atoms with E-state index in [1.54, 1.807) is 25.3 Å². The molecule has 3 aromatic carbocycles. The number of H-pyrrole nitrogens is 1. The van der Waals surface area contributed by atoms with Crippen molar-refractivity contribution in [3.63, 3.8) is 0 Å². The molecule has 0 saturated heterocycles. The first-order chi connectivity index (χ1) is 20.6. The number of anilines is 1. The van der Waals surface area contributed by atoms with Gasteiger partial charge in [0.2, 0.25) is 5.91 Å². The number of allylic oxidation sites excluding steroid dienone is 1. The van der Waals surface area contributed by atoms with Crippen LogP contribution in [0.5, 0.6) is 0 Å². The molecule has 4 aromatic rings. The minimum Gasteiger partial charge on any atom is -0.366 e. The fourth-order valence-electron chi connectivity index (χ4n) is 4.87. The summed E-state index contributed by atoms with van der Waals surface area (Å²) >= 11 is 0. The van der Waals surface area contributed by atoms with Crippen LogP contribution in [0.4, 0.5) is 5.69 Å². The summed E-state index contributed by atoms with van der Waals surface area (Å²) in [5, 5.41) is 6.79. The summed E-state index contributed by atoms with van der Waals surface area (Å²) in [6.45, 7) is 6.48. The first-order valence-corrected chi connectivity index (χ1v) is 14.1. The van der Waals surface area contributed by atoms with Gasteiger partial charge in [0.1, 0.15) is 5.71 Å². The summed E-state index contributed by atoms with van der Waals surface area (Å²) in [7, 11) is 3.87. The molecule has 0 radical (unpaired) electrons. The number of aromatic amines is 1. The minimum absolute atomic E-state index is 0.0239. The molecule has 0 saturated carbocycles. The molecular formula is C34H38N6O3. The highest BCUT2D eigenvalue weighted by molar-refractivity contribution is 6.42. The molecule has 9 heteroatoms. The lowest BCUT2D eigenvalue weighted by Gasteiger charge is -2.14. The van der Waals surface area contributed by atoms with E-state index in [1.807, 2.05) is 87.4 Å². The summed E-state index contributed by atoms with van der Waals surface area (Å²) in [6, 6.07) is 19.1. The fraction of sp³-hybridized carbons (Fsp3) is 0.235. The molecule has 0 atom stereocenters. The number of carbonyl (C=O) groups excluding carboxylic acids is 3. The van der Waals surface area contributed by atoms with Crippen LogP contribution in [0.15, 0.2) is 77.9 Å². The molecule has 5 N–H and O–H groups in total. The molecule has 0 bridgehead atoms. The highest BCUT2D eigenvalue weighted by atomic mass is 16.2. The molecule has 0 aliphatic rings. The second-order valence-corrected chi connectivity index (χ2v) is 10.6. The fourth-order valence-corrected chi connectivity index (χ4v) is 4.87. The van der Waals surface area contributed by atoms with Crippen molar-refractivity contribution in [1.29, 1.82) is 0 Å².